The predicted octanol–water partition coefficient (Wildman–Crippen LogP) is 1.70. The van der Waals surface area contributed by atoms with Gasteiger partial charge in [0.2, 0.25) is 0 Å². The lowest BCUT2D eigenvalue weighted by molar-refractivity contribution is 0.773. The number of thiazole rings is 1. The summed E-state index contributed by atoms with van der Waals surface area (Å²) < 4.78 is 1.74. The molecule has 1 aromatic heterocycles. The molecule has 66 valence electrons. The second kappa shape index (κ2) is 4.52. The Balaban J connectivity index is 2.74. The van der Waals surface area contributed by atoms with E-state index in [1.165, 1.54) is 11.3 Å². The summed E-state index contributed by atoms with van der Waals surface area (Å²) in [6.07, 6.45) is 3.89. The molecule has 0 aliphatic carbocycles. The molecule has 0 radical (unpaired) electrons. The van der Waals surface area contributed by atoms with Crippen LogP contribution >= 0.6 is 24.0 Å². The van der Waals surface area contributed by atoms with E-state index in [1.54, 1.807) is 4.57 Å². The highest BCUT2D eigenvalue weighted by Gasteiger charge is 1.98. The number of thiol groups is 1. The second-order valence-electron chi connectivity index (χ2n) is 2.41. The van der Waals surface area contributed by atoms with E-state index in [1.807, 2.05) is 24.5 Å². The van der Waals surface area contributed by atoms with Crippen molar-refractivity contribution in [3.8, 4) is 0 Å². The first kappa shape index (κ1) is 9.61. The van der Waals surface area contributed by atoms with Gasteiger partial charge in [0.05, 0.1) is 0 Å². The van der Waals surface area contributed by atoms with Gasteiger partial charge in [0.15, 0.2) is 0 Å². The van der Waals surface area contributed by atoms with Crippen LogP contribution in [0, 0.1) is 6.92 Å². The van der Waals surface area contributed by atoms with Gasteiger partial charge < -0.3 is 0 Å². The summed E-state index contributed by atoms with van der Waals surface area (Å²) in [6.45, 7) is 2.60. The summed E-state index contributed by atoms with van der Waals surface area (Å²) >= 11 is 5.28. The Bertz CT molecular complexity index is 324. The molecule has 1 rings (SSSR count). The molecule has 1 aromatic rings. The number of hydrogen-bond donors (Lipinski definition) is 1. The van der Waals surface area contributed by atoms with E-state index in [0.29, 0.717) is 6.54 Å². The number of rotatable bonds is 3. The monoisotopic (exact) mass is 201 g/mol. The van der Waals surface area contributed by atoms with Crippen molar-refractivity contribution < 1.29 is 0 Å². The second-order valence-corrected chi connectivity index (χ2v) is 3.59. The number of aromatic nitrogens is 1. The Kier molecular flexibility index (Phi) is 3.62. The van der Waals surface area contributed by atoms with Gasteiger partial charge in [-0.3, -0.25) is 9.36 Å². The van der Waals surface area contributed by atoms with Crippen LogP contribution in [-0.2, 0) is 6.54 Å². The topological polar surface area (TPSA) is 22.0 Å². The SMILES string of the molecule is Cc1csc(=O)n1C/C=C/CS. The molecule has 0 saturated heterocycles. The molecule has 1 heterocycles. The molecule has 2 nitrogen and oxygen atoms in total. The van der Waals surface area contributed by atoms with Crippen molar-refractivity contribution in [2.45, 2.75) is 13.5 Å². The zero-order valence-electron chi connectivity index (χ0n) is 6.86. The molecule has 0 spiro atoms. The van der Waals surface area contributed by atoms with E-state index in [4.69, 9.17) is 0 Å². The first-order valence-electron chi connectivity index (χ1n) is 3.66. The molecular weight excluding hydrogens is 190 g/mol. The van der Waals surface area contributed by atoms with Gasteiger partial charge in [-0.05, 0) is 6.92 Å². The molecule has 0 atom stereocenters. The van der Waals surface area contributed by atoms with Gasteiger partial charge in [-0.2, -0.15) is 12.6 Å². The van der Waals surface area contributed by atoms with Crippen LogP contribution in [0.5, 0.6) is 0 Å². The molecular formula is C8H11NOS2. The minimum absolute atomic E-state index is 0.108. The Hall–Kier alpha value is -0.480. The van der Waals surface area contributed by atoms with Gasteiger partial charge >= 0.3 is 4.87 Å². The molecule has 4 heteroatoms. The van der Waals surface area contributed by atoms with Gasteiger partial charge in [0.25, 0.3) is 0 Å². The number of aryl methyl sites for hydroxylation is 1. The normalized spacial score (nSPS) is 11.2. The Morgan fingerprint density at radius 1 is 1.67 bits per heavy atom. The third-order valence-corrected chi connectivity index (χ3v) is 2.63. The molecule has 0 aromatic carbocycles. The van der Waals surface area contributed by atoms with Crippen molar-refractivity contribution in [3.05, 3.63) is 32.9 Å². The first-order valence-corrected chi connectivity index (χ1v) is 5.17. The fourth-order valence-corrected chi connectivity index (χ4v) is 1.77. The van der Waals surface area contributed by atoms with E-state index in [9.17, 15) is 4.79 Å². The van der Waals surface area contributed by atoms with Crippen molar-refractivity contribution in [1.82, 2.24) is 4.57 Å². The van der Waals surface area contributed by atoms with E-state index in [0.717, 1.165) is 11.4 Å². The average Bonchev–Trinajstić information content (AvgIpc) is 2.35. The highest BCUT2D eigenvalue weighted by atomic mass is 32.1. The van der Waals surface area contributed by atoms with Crippen LogP contribution in [0.1, 0.15) is 5.69 Å². The maximum absolute atomic E-state index is 11.2. The van der Waals surface area contributed by atoms with E-state index in [2.05, 4.69) is 12.6 Å². The Morgan fingerprint density at radius 3 is 2.92 bits per heavy atom. The van der Waals surface area contributed by atoms with Crippen LogP contribution in [0.2, 0.25) is 0 Å². The van der Waals surface area contributed by atoms with Gasteiger partial charge in [-0.25, -0.2) is 0 Å². The molecule has 12 heavy (non-hydrogen) atoms. The minimum atomic E-state index is 0.108. The lowest BCUT2D eigenvalue weighted by Crippen LogP contribution is -2.13. The van der Waals surface area contributed by atoms with Gasteiger partial charge in [0, 0.05) is 23.4 Å². The molecule has 0 aliphatic heterocycles. The molecule has 0 saturated carbocycles. The smallest absolute Gasteiger partial charge is 0.300 e. The summed E-state index contributed by atoms with van der Waals surface area (Å²) in [4.78, 5) is 11.3. The zero-order chi connectivity index (χ0) is 8.97. The third-order valence-electron chi connectivity index (χ3n) is 1.54. The minimum Gasteiger partial charge on any atom is -0.300 e. The van der Waals surface area contributed by atoms with Crippen molar-refractivity contribution in [2.24, 2.45) is 0 Å². The van der Waals surface area contributed by atoms with Crippen molar-refractivity contribution in [3.63, 3.8) is 0 Å². The maximum atomic E-state index is 11.2. The van der Waals surface area contributed by atoms with Crippen LogP contribution in [-0.4, -0.2) is 10.3 Å². The molecule has 0 N–H and O–H groups in total. The van der Waals surface area contributed by atoms with Crippen molar-refractivity contribution >= 4 is 24.0 Å². The molecule has 0 unspecified atom stereocenters. The summed E-state index contributed by atoms with van der Waals surface area (Å²) in [5.74, 6) is 0.720. The number of hydrogen-bond acceptors (Lipinski definition) is 3. The number of allylic oxidation sites excluding steroid dienone is 1. The average molecular weight is 201 g/mol. The highest BCUT2D eigenvalue weighted by Crippen LogP contribution is 1.99. The largest absolute Gasteiger partial charge is 0.307 e. The van der Waals surface area contributed by atoms with Gasteiger partial charge in [-0.15, -0.1) is 0 Å². The Morgan fingerprint density at radius 2 is 2.42 bits per heavy atom. The first-order chi connectivity index (χ1) is 5.75. The lowest BCUT2D eigenvalue weighted by Gasteiger charge is -1.97. The van der Waals surface area contributed by atoms with Crippen molar-refractivity contribution in [2.75, 3.05) is 5.75 Å². The molecule has 0 amide bonds. The summed E-state index contributed by atoms with van der Waals surface area (Å²) in [7, 11) is 0. The quantitative estimate of drug-likeness (QED) is 0.583. The zero-order valence-corrected chi connectivity index (χ0v) is 8.57. The summed E-state index contributed by atoms with van der Waals surface area (Å²) in [5, 5.41) is 1.87. The van der Waals surface area contributed by atoms with Crippen LogP contribution in [0.4, 0.5) is 0 Å². The van der Waals surface area contributed by atoms with Crippen LogP contribution in [0.3, 0.4) is 0 Å². The molecule has 0 fully saturated rings. The fraction of sp³-hybridized carbons (Fsp3) is 0.375. The Labute approximate surface area is 81.0 Å². The van der Waals surface area contributed by atoms with E-state index < -0.39 is 0 Å². The highest BCUT2D eigenvalue weighted by molar-refractivity contribution is 7.80. The van der Waals surface area contributed by atoms with Crippen LogP contribution in [0.15, 0.2) is 22.3 Å². The third kappa shape index (κ3) is 2.25. The summed E-state index contributed by atoms with van der Waals surface area (Å²) in [5.41, 5.74) is 1.02. The van der Waals surface area contributed by atoms with Gasteiger partial charge in [-0.1, -0.05) is 23.5 Å². The van der Waals surface area contributed by atoms with Crippen molar-refractivity contribution in [1.29, 1.82) is 0 Å². The van der Waals surface area contributed by atoms with E-state index in [-0.39, 0.29) is 4.87 Å². The summed E-state index contributed by atoms with van der Waals surface area (Å²) in [6, 6.07) is 0. The van der Waals surface area contributed by atoms with E-state index >= 15 is 0 Å². The standard InChI is InChI=1S/C8H11NOS2/c1-7-6-12-8(10)9(7)4-2-3-5-11/h2-3,6,11H,4-5H2,1H3/b3-2+. The van der Waals surface area contributed by atoms with Gasteiger partial charge in [0.1, 0.15) is 0 Å². The molecule has 0 aliphatic rings. The lowest BCUT2D eigenvalue weighted by atomic mass is 10.4. The molecule has 0 bridgehead atoms. The maximum Gasteiger partial charge on any atom is 0.307 e. The van der Waals surface area contributed by atoms with Crippen LogP contribution < -0.4 is 4.87 Å². The number of nitrogens with zero attached hydrogens (tertiary/aromatic N) is 1. The fourth-order valence-electron chi connectivity index (χ4n) is 0.880. The van der Waals surface area contributed by atoms with Crippen LogP contribution in [0.25, 0.3) is 0 Å². The predicted molar refractivity (Wildman–Crippen MR) is 56.3 cm³/mol.